The van der Waals surface area contributed by atoms with Gasteiger partial charge in [-0.05, 0) is 43.7 Å². The fourth-order valence-corrected chi connectivity index (χ4v) is 5.04. The topological polar surface area (TPSA) is 110 Å². The van der Waals surface area contributed by atoms with Crippen molar-refractivity contribution in [3.8, 4) is 11.4 Å². The second-order valence-electron chi connectivity index (χ2n) is 9.52. The Kier molecular flexibility index (Phi) is 7.59. The van der Waals surface area contributed by atoms with Crippen molar-refractivity contribution in [3.05, 3.63) is 82.3 Å². The zero-order valence-electron chi connectivity index (χ0n) is 22.3. The molecule has 5 rings (SSSR count). The number of amides is 4. The summed E-state index contributed by atoms with van der Waals surface area (Å²) in [6.07, 6.45) is 2.37. The fourth-order valence-electron chi connectivity index (χ4n) is 4.77. The van der Waals surface area contributed by atoms with Gasteiger partial charge in [-0.15, -0.1) is 0 Å². The number of hydrogen-bond donors (Lipinski definition) is 1. The number of imide groups is 1. The molecule has 0 aliphatic carbocycles. The lowest BCUT2D eigenvalue weighted by molar-refractivity contribution is -0.130. The number of benzene rings is 2. The second-order valence-corrected chi connectivity index (χ2v) is 9.93. The van der Waals surface area contributed by atoms with Crippen molar-refractivity contribution in [1.29, 1.82) is 0 Å². The van der Waals surface area contributed by atoms with E-state index in [0.717, 1.165) is 17.2 Å². The minimum atomic E-state index is -0.776. The fraction of sp³-hybridized carbons (Fsp3) is 0.250. The summed E-state index contributed by atoms with van der Waals surface area (Å²) in [5.41, 5.74) is 2.50. The van der Waals surface area contributed by atoms with Crippen LogP contribution in [0.2, 0.25) is 5.02 Å². The number of nitrogens with zero attached hydrogens (tertiary/aromatic N) is 5. The van der Waals surface area contributed by atoms with Gasteiger partial charge in [0.1, 0.15) is 36.8 Å². The highest BCUT2D eigenvalue weighted by Gasteiger charge is 2.40. The Morgan fingerprint density at radius 2 is 1.98 bits per heavy atom. The van der Waals surface area contributed by atoms with Crippen LogP contribution in [0.4, 0.5) is 13.6 Å². The van der Waals surface area contributed by atoms with Crippen LogP contribution in [0, 0.1) is 18.6 Å². The van der Waals surface area contributed by atoms with Crippen LogP contribution in [0.3, 0.4) is 0 Å². The van der Waals surface area contributed by atoms with E-state index in [0.29, 0.717) is 39.2 Å². The van der Waals surface area contributed by atoms with E-state index in [4.69, 9.17) is 16.3 Å². The lowest BCUT2D eigenvalue weighted by Gasteiger charge is -2.26. The van der Waals surface area contributed by atoms with E-state index in [1.165, 1.54) is 28.9 Å². The first-order valence-corrected chi connectivity index (χ1v) is 13.0. The van der Waals surface area contributed by atoms with Gasteiger partial charge in [0.15, 0.2) is 5.82 Å². The quantitative estimate of drug-likeness (QED) is 0.310. The summed E-state index contributed by atoms with van der Waals surface area (Å²) >= 11 is 6.47. The summed E-state index contributed by atoms with van der Waals surface area (Å²) in [6.45, 7) is 2.61. The molecule has 2 aromatic carbocycles. The van der Waals surface area contributed by atoms with Crippen LogP contribution < -0.4 is 10.1 Å². The molecular weight excluding hydrogens is 558 g/mol. The molecule has 4 aromatic rings. The second kappa shape index (κ2) is 11.1. The molecule has 10 nitrogen and oxygen atoms in total. The van der Waals surface area contributed by atoms with Crippen LogP contribution in [0.1, 0.15) is 29.8 Å². The molecule has 1 N–H and O–H groups in total. The maximum absolute atomic E-state index is 14.5. The predicted octanol–water partition coefficient (Wildman–Crippen LogP) is 4.31. The molecule has 2 aromatic heterocycles. The number of ether oxygens (including phenoxy) is 1. The number of nitrogens with one attached hydrogen (secondary N) is 1. The molecule has 0 saturated carbocycles. The third kappa shape index (κ3) is 5.42. The third-order valence-electron chi connectivity index (χ3n) is 6.85. The molecule has 0 bridgehead atoms. The predicted molar refractivity (Wildman–Crippen MR) is 146 cm³/mol. The smallest absolute Gasteiger partial charge is 0.328 e. The van der Waals surface area contributed by atoms with Gasteiger partial charge in [-0.1, -0.05) is 23.7 Å². The van der Waals surface area contributed by atoms with Crippen molar-refractivity contribution >= 4 is 40.3 Å². The van der Waals surface area contributed by atoms with Gasteiger partial charge >= 0.3 is 6.03 Å². The molecule has 212 valence electrons. The van der Waals surface area contributed by atoms with Gasteiger partial charge < -0.3 is 15.0 Å². The average molecular weight is 583 g/mol. The Hall–Kier alpha value is -4.58. The highest BCUT2D eigenvalue weighted by molar-refractivity contribution is 6.31. The average Bonchev–Trinajstić information content (AvgIpc) is 3.49. The van der Waals surface area contributed by atoms with Crippen LogP contribution in [-0.2, 0) is 16.2 Å². The Morgan fingerprint density at radius 3 is 2.68 bits per heavy atom. The summed E-state index contributed by atoms with van der Waals surface area (Å²) in [7, 11) is 1.40. The first kappa shape index (κ1) is 28.0. The van der Waals surface area contributed by atoms with Crippen LogP contribution >= 0.6 is 11.6 Å². The van der Waals surface area contributed by atoms with Crippen LogP contribution in [0.5, 0.6) is 5.75 Å². The molecule has 1 saturated heterocycles. The Labute approximate surface area is 238 Å². The molecule has 1 fully saturated rings. The Morgan fingerprint density at radius 1 is 1.20 bits per heavy atom. The zero-order chi connectivity index (χ0) is 29.4. The number of halogens is 3. The van der Waals surface area contributed by atoms with Gasteiger partial charge in [-0.25, -0.2) is 23.2 Å². The van der Waals surface area contributed by atoms with Gasteiger partial charge in [0.05, 0.1) is 29.1 Å². The number of aromatic nitrogens is 3. The number of carbonyl (C=O) groups is 3. The van der Waals surface area contributed by atoms with Crippen molar-refractivity contribution < 1.29 is 27.9 Å². The van der Waals surface area contributed by atoms with Gasteiger partial charge in [-0.2, -0.15) is 5.10 Å². The molecule has 3 heterocycles. The lowest BCUT2D eigenvalue weighted by Crippen LogP contribution is -2.40. The van der Waals surface area contributed by atoms with Gasteiger partial charge in [0, 0.05) is 23.7 Å². The summed E-state index contributed by atoms with van der Waals surface area (Å²) in [6, 6.07) is 7.98. The van der Waals surface area contributed by atoms with E-state index >= 15 is 0 Å². The molecule has 0 unspecified atom stereocenters. The molecule has 41 heavy (non-hydrogen) atoms. The number of aryl methyl sites for hydroxylation is 1. The van der Waals surface area contributed by atoms with Crippen molar-refractivity contribution in [2.24, 2.45) is 0 Å². The van der Waals surface area contributed by atoms with E-state index < -0.39 is 42.1 Å². The number of urea groups is 1. The van der Waals surface area contributed by atoms with Crippen molar-refractivity contribution in [2.75, 3.05) is 20.1 Å². The maximum atomic E-state index is 14.5. The number of para-hydroxylation sites is 1. The van der Waals surface area contributed by atoms with Gasteiger partial charge in [-0.3, -0.25) is 14.5 Å². The van der Waals surface area contributed by atoms with E-state index in [1.54, 1.807) is 32.0 Å². The molecule has 1 atom stereocenters. The first-order valence-electron chi connectivity index (χ1n) is 12.6. The van der Waals surface area contributed by atoms with Crippen molar-refractivity contribution in [2.45, 2.75) is 26.5 Å². The van der Waals surface area contributed by atoms with Crippen molar-refractivity contribution in [3.63, 3.8) is 0 Å². The van der Waals surface area contributed by atoms with E-state index in [-0.39, 0.29) is 18.2 Å². The van der Waals surface area contributed by atoms with Crippen molar-refractivity contribution in [1.82, 2.24) is 29.9 Å². The largest absolute Gasteiger partial charge is 0.487 e. The molecule has 13 heteroatoms. The summed E-state index contributed by atoms with van der Waals surface area (Å²) in [5, 5.41) is 7.18. The minimum absolute atomic E-state index is 0.0733. The minimum Gasteiger partial charge on any atom is -0.487 e. The summed E-state index contributed by atoms with van der Waals surface area (Å²) < 4.78 is 35.8. The Balaban J connectivity index is 1.47. The normalized spacial score (nSPS) is 14.2. The SMILES string of the molecule is CNC(=O)CN1C(=O)CN([C@@H](C)c2cc(F)cc(Cl)c2COc2cccc3c(-n4cc(F)cn4)cc(C)nc23)C1=O. The number of likely N-dealkylation sites (N-methyl/N-ethyl adjacent to an activating group) is 1. The maximum Gasteiger partial charge on any atom is 0.328 e. The Bertz CT molecular complexity index is 1690. The molecule has 0 spiro atoms. The van der Waals surface area contributed by atoms with E-state index in [1.807, 2.05) is 6.07 Å². The molecular formula is C28H25ClF2N6O4. The molecule has 1 aliphatic rings. The van der Waals surface area contributed by atoms with Crippen LogP contribution in [-0.4, -0.2) is 62.5 Å². The first-order chi connectivity index (χ1) is 19.6. The number of rotatable bonds is 8. The summed E-state index contributed by atoms with van der Waals surface area (Å²) in [4.78, 5) is 44.1. The highest BCUT2D eigenvalue weighted by Crippen LogP contribution is 2.35. The van der Waals surface area contributed by atoms with E-state index in [9.17, 15) is 23.2 Å². The molecule has 4 amide bonds. The number of hydrogen-bond acceptors (Lipinski definition) is 6. The van der Waals surface area contributed by atoms with E-state index in [2.05, 4.69) is 15.4 Å². The van der Waals surface area contributed by atoms with Gasteiger partial charge in [0.2, 0.25) is 5.91 Å². The number of carbonyl (C=O) groups excluding carboxylic acids is 3. The monoisotopic (exact) mass is 582 g/mol. The van der Waals surface area contributed by atoms with Gasteiger partial charge in [0.25, 0.3) is 5.91 Å². The number of fused-ring (bicyclic) bond motifs is 1. The summed E-state index contributed by atoms with van der Waals surface area (Å²) in [5.74, 6) is -1.76. The van der Waals surface area contributed by atoms with Crippen LogP contribution in [0.25, 0.3) is 16.6 Å². The van der Waals surface area contributed by atoms with Crippen LogP contribution in [0.15, 0.2) is 48.8 Å². The molecule has 1 aliphatic heterocycles. The lowest BCUT2D eigenvalue weighted by atomic mass is 10.0. The standard InChI is InChI=1S/C28H25ClF2N6O4/c1-15-7-23(37-11-18(31)10-33-37)19-5-4-6-24(27(19)34-15)41-14-21-20(8-17(30)9-22(21)29)16(2)35-13-26(39)36(28(35)40)12-25(38)32-3/h4-11,16H,12-14H2,1-3H3,(H,32,38)/t16-/m0/s1. The molecule has 0 radical (unpaired) electrons. The number of pyridine rings is 1. The zero-order valence-corrected chi connectivity index (χ0v) is 23.1. The third-order valence-corrected chi connectivity index (χ3v) is 7.19. The highest BCUT2D eigenvalue weighted by atomic mass is 35.5.